The topological polar surface area (TPSA) is 119 Å². The third-order valence-corrected chi connectivity index (χ3v) is 5.70. The zero-order chi connectivity index (χ0) is 25.4. The first-order chi connectivity index (χ1) is 15.7. The number of hydrogen-bond donors (Lipinski definition) is 1. The highest BCUT2D eigenvalue weighted by molar-refractivity contribution is 6.02. The molecule has 2 aliphatic heterocycles. The van der Waals surface area contributed by atoms with E-state index in [1.165, 1.54) is 4.90 Å². The quantitative estimate of drug-likeness (QED) is 0.657. The van der Waals surface area contributed by atoms with Gasteiger partial charge in [0.25, 0.3) is 5.91 Å². The highest BCUT2D eigenvalue weighted by atomic mass is 16.6. The van der Waals surface area contributed by atoms with Crippen LogP contribution >= 0.6 is 0 Å². The maximum absolute atomic E-state index is 13.4. The van der Waals surface area contributed by atoms with Gasteiger partial charge in [0.15, 0.2) is 0 Å². The van der Waals surface area contributed by atoms with E-state index in [4.69, 9.17) is 15.2 Å². The fourth-order valence-electron chi connectivity index (χ4n) is 4.33. The Morgan fingerprint density at radius 1 is 1.00 bits per heavy atom. The highest BCUT2D eigenvalue weighted by Crippen LogP contribution is 2.34. The largest absolute Gasteiger partial charge is 0.460 e. The molecule has 0 spiro atoms. The van der Waals surface area contributed by atoms with E-state index in [-0.39, 0.29) is 31.4 Å². The lowest BCUT2D eigenvalue weighted by molar-refractivity contribution is -0.155. The van der Waals surface area contributed by atoms with Crippen molar-refractivity contribution in [1.82, 2.24) is 9.80 Å². The van der Waals surface area contributed by atoms with Crippen LogP contribution in [0.5, 0.6) is 0 Å². The Hall–Kier alpha value is -3.10. The number of benzene rings is 1. The number of primary amides is 1. The lowest BCUT2D eigenvalue weighted by atomic mass is 9.92. The first kappa shape index (κ1) is 25.5. The van der Waals surface area contributed by atoms with Crippen molar-refractivity contribution in [2.24, 2.45) is 5.73 Å². The van der Waals surface area contributed by atoms with Crippen LogP contribution in [0.1, 0.15) is 81.4 Å². The van der Waals surface area contributed by atoms with E-state index in [0.29, 0.717) is 25.1 Å². The fraction of sp³-hybridized carbons (Fsp3) is 0.600. The zero-order valence-corrected chi connectivity index (χ0v) is 20.9. The van der Waals surface area contributed by atoms with Crippen molar-refractivity contribution in [1.29, 1.82) is 0 Å². The second kappa shape index (κ2) is 9.27. The van der Waals surface area contributed by atoms with Gasteiger partial charge in [-0.2, -0.15) is 0 Å². The molecule has 2 N–H and O–H groups in total. The number of hydrogen-bond acceptors (Lipinski definition) is 6. The van der Waals surface area contributed by atoms with E-state index in [1.54, 1.807) is 25.7 Å². The van der Waals surface area contributed by atoms with Gasteiger partial charge in [0, 0.05) is 31.6 Å². The number of nitrogens with zero attached hydrogens (tertiary/aromatic N) is 2. The average molecular weight is 474 g/mol. The summed E-state index contributed by atoms with van der Waals surface area (Å²) in [4.78, 5) is 53.3. The molecular formula is C25H35N3O6. The predicted octanol–water partition coefficient (Wildman–Crippen LogP) is 2.91. The van der Waals surface area contributed by atoms with E-state index < -0.39 is 29.1 Å². The number of ether oxygens (including phenoxy) is 2. The smallest absolute Gasteiger partial charge is 0.410 e. The Balaban J connectivity index is 1.75. The molecule has 0 saturated carbocycles. The molecule has 0 saturated heterocycles. The predicted molar refractivity (Wildman–Crippen MR) is 125 cm³/mol. The monoisotopic (exact) mass is 473 g/mol. The van der Waals surface area contributed by atoms with E-state index in [1.807, 2.05) is 32.9 Å². The minimum absolute atomic E-state index is 0.0199. The van der Waals surface area contributed by atoms with Gasteiger partial charge in [-0.3, -0.25) is 14.4 Å². The molecule has 1 atom stereocenters. The van der Waals surface area contributed by atoms with Crippen LogP contribution in [0.25, 0.3) is 0 Å². The van der Waals surface area contributed by atoms with Crippen LogP contribution in [0.4, 0.5) is 4.79 Å². The second-order valence-corrected chi connectivity index (χ2v) is 10.9. The molecule has 0 radical (unpaired) electrons. The summed E-state index contributed by atoms with van der Waals surface area (Å²) < 4.78 is 10.8. The Labute approximate surface area is 200 Å². The van der Waals surface area contributed by atoms with Gasteiger partial charge >= 0.3 is 12.1 Å². The van der Waals surface area contributed by atoms with Crippen molar-refractivity contribution in [3.05, 3.63) is 34.4 Å². The highest BCUT2D eigenvalue weighted by Gasteiger charge is 2.39. The summed E-state index contributed by atoms with van der Waals surface area (Å²) in [5.41, 5.74) is 7.57. The van der Waals surface area contributed by atoms with Crippen molar-refractivity contribution >= 4 is 23.9 Å². The molecule has 2 aliphatic rings. The summed E-state index contributed by atoms with van der Waals surface area (Å²) in [5, 5.41) is 0. The van der Waals surface area contributed by atoms with Gasteiger partial charge in [-0.1, -0.05) is 12.1 Å². The fourth-order valence-corrected chi connectivity index (χ4v) is 4.33. The van der Waals surface area contributed by atoms with Crippen LogP contribution in [0.3, 0.4) is 0 Å². The molecule has 0 aromatic heterocycles. The Morgan fingerprint density at radius 3 is 2.21 bits per heavy atom. The van der Waals surface area contributed by atoms with Crippen LogP contribution in [-0.4, -0.2) is 57.5 Å². The molecule has 3 amide bonds. The Morgan fingerprint density at radius 2 is 1.62 bits per heavy atom. The molecule has 1 aromatic carbocycles. The maximum atomic E-state index is 13.4. The number of amides is 3. The summed E-state index contributed by atoms with van der Waals surface area (Å²) in [6.07, 6.45) is 0.200. The van der Waals surface area contributed by atoms with Crippen LogP contribution in [0.15, 0.2) is 12.1 Å². The maximum Gasteiger partial charge on any atom is 0.410 e. The first-order valence-corrected chi connectivity index (χ1v) is 11.6. The van der Waals surface area contributed by atoms with E-state index >= 15 is 0 Å². The van der Waals surface area contributed by atoms with E-state index in [9.17, 15) is 19.2 Å². The minimum Gasteiger partial charge on any atom is -0.460 e. The third-order valence-electron chi connectivity index (χ3n) is 5.70. The van der Waals surface area contributed by atoms with Crippen molar-refractivity contribution < 1.29 is 28.7 Å². The molecule has 9 heteroatoms. The number of esters is 1. The number of carbonyl (C=O) groups is 4. The normalized spacial score (nSPS) is 16.6. The van der Waals surface area contributed by atoms with Gasteiger partial charge < -0.3 is 25.0 Å². The van der Waals surface area contributed by atoms with Crippen LogP contribution < -0.4 is 5.73 Å². The molecular weight excluding hydrogens is 438 g/mol. The lowest BCUT2D eigenvalue weighted by Gasteiger charge is -2.32. The van der Waals surface area contributed by atoms with Gasteiger partial charge in [-0.15, -0.1) is 0 Å². The molecule has 0 fully saturated rings. The molecule has 1 aromatic rings. The summed E-state index contributed by atoms with van der Waals surface area (Å²) in [6, 6.07) is 2.86. The molecule has 2 heterocycles. The van der Waals surface area contributed by atoms with Gasteiger partial charge in [-0.05, 0) is 71.1 Å². The van der Waals surface area contributed by atoms with Crippen molar-refractivity contribution in [2.75, 3.05) is 6.54 Å². The van der Waals surface area contributed by atoms with Crippen LogP contribution in [0, 0.1) is 0 Å². The molecule has 34 heavy (non-hydrogen) atoms. The minimum atomic E-state index is -0.912. The lowest BCUT2D eigenvalue weighted by Crippen LogP contribution is -2.45. The molecule has 3 rings (SSSR count). The number of fused-ring (bicyclic) bond motifs is 3. The first-order valence-electron chi connectivity index (χ1n) is 11.6. The third kappa shape index (κ3) is 5.87. The summed E-state index contributed by atoms with van der Waals surface area (Å²) in [7, 11) is 0. The van der Waals surface area contributed by atoms with Crippen LogP contribution in [-0.2, 0) is 38.6 Å². The summed E-state index contributed by atoms with van der Waals surface area (Å²) in [6.45, 7) is 11.8. The van der Waals surface area contributed by atoms with Crippen molar-refractivity contribution in [2.45, 2.75) is 91.1 Å². The van der Waals surface area contributed by atoms with Gasteiger partial charge in [0.05, 0.1) is 0 Å². The number of nitrogens with two attached hydrogens (primary N) is 1. The van der Waals surface area contributed by atoms with Crippen molar-refractivity contribution in [3.63, 3.8) is 0 Å². The SMILES string of the molecule is CC(C)(C)OC(=O)CC[C@@H](C(N)=O)N1Cc2ccc3c(c2C1=O)CCN(C(=O)OC(C)(C)C)C3. The summed E-state index contributed by atoms with van der Waals surface area (Å²) in [5.74, 6) is -1.37. The van der Waals surface area contributed by atoms with Crippen LogP contribution in [0.2, 0.25) is 0 Å². The Bertz CT molecular complexity index is 1010. The zero-order valence-electron chi connectivity index (χ0n) is 20.9. The van der Waals surface area contributed by atoms with Crippen molar-refractivity contribution in [3.8, 4) is 0 Å². The standard InChI is InChI=1S/C25H35N3O6/c1-24(2,3)33-19(29)10-9-18(21(26)30)28-14-16-8-7-15-13-27(23(32)34-25(4,5)6)12-11-17(15)20(16)22(28)31/h7-8,18H,9-14H2,1-6H3,(H2,26,30)/t18-/m0/s1. The average Bonchev–Trinajstić information content (AvgIpc) is 3.01. The molecule has 0 bridgehead atoms. The number of carbonyl (C=O) groups excluding carboxylic acids is 4. The van der Waals surface area contributed by atoms with Gasteiger partial charge in [0.1, 0.15) is 17.2 Å². The van der Waals surface area contributed by atoms with E-state index in [2.05, 4.69) is 0 Å². The Kier molecular flexibility index (Phi) is 6.96. The van der Waals surface area contributed by atoms with Gasteiger partial charge in [-0.25, -0.2) is 4.79 Å². The molecule has 0 aliphatic carbocycles. The number of rotatable bonds is 5. The van der Waals surface area contributed by atoms with Gasteiger partial charge in [0.2, 0.25) is 5.91 Å². The summed E-state index contributed by atoms with van der Waals surface area (Å²) >= 11 is 0. The molecule has 9 nitrogen and oxygen atoms in total. The molecule has 186 valence electrons. The second-order valence-electron chi connectivity index (χ2n) is 10.9. The molecule has 0 unspecified atom stereocenters. The van der Waals surface area contributed by atoms with E-state index in [0.717, 1.165) is 16.7 Å².